The van der Waals surface area contributed by atoms with Crippen molar-refractivity contribution in [1.29, 1.82) is 5.26 Å². The van der Waals surface area contributed by atoms with Crippen molar-refractivity contribution in [1.82, 2.24) is 10.2 Å². The van der Waals surface area contributed by atoms with Crippen molar-refractivity contribution >= 4 is 45.6 Å². The maximum Gasteiger partial charge on any atom is 0.219 e. The first kappa shape index (κ1) is 19.9. The Bertz CT molecular complexity index is 1100. The number of ketones is 1. The lowest BCUT2D eigenvalue weighted by atomic mass is 9.75. The Hall–Kier alpha value is -2.41. The van der Waals surface area contributed by atoms with Crippen molar-refractivity contribution in [2.75, 3.05) is 11.2 Å². The number of Topliss-reactive ketones (excluding diaryl/α,β-unsaturated/α-hetero) is 1. The number of hydrogen-bond acceptors (Lipinski definition) is 8. The summed E-state index contributed by atoms with van der Waals surface area (Å²) in [4.78, 5) is 14.6. The van der Waals surface area contributed by atoms with E-state index in [1.807, 2.05) is 6.26 Å². The molecule has 0 amide bonds. The van der Waals surface area contributed by atoms with Gasteiger partial charge in [0.1, 0.15) is 11.6 Å². The molecule has 2 aromatic rings. The summed E-state index contributed by atoms with van der Waals surface area (Å²) in [6.45, 7) is 0. The number of halogens is 2. The molecule has 1 atom stereocenters. The normalized spacial score (nSPS) is 19.4. The number of anilines is 1. The predicted octanol–water partition coefficient (Wildman–Crippen LogP) is 4.36. The Labute approximate surface area is 179 Å². The molecule has 0 bridgehead atoms. The number of carbonyl (C=O) groups is 1. The smallest absolute Gasteiger partial charge is 0.219 e. The van der Waals surface area contributed by atoms with E-state index in [2.05, 4.69) is 16.3 Å². The van der Waals surface area contributed by atoms with Crippen molar-refractivity contribution in [3.63, 3.8) is 0 Å². The summed E-state index contributed by atoms with van der Waals surface area (Å²) in [5, 5.41) is 18.8. The number of nitrogens with two attached hydrogens (primary N) is 1. The Morgan fingerprint density at radius 3 is 2.86 bits per heavy atom. The highest BCUT2D eigenvalue weighted by molar-refractivity contribution is 8.00. The highest BCUT2D eigenvalue weighted by Gasteiger charge is 2.42. The molecule has 0 saturated heterocycles. The standard InChI is InChI=1S/C19H15ClFN5OS2/c1-28-19-25-24-18(29-19)26-12-6-3-7-13(27)16(12)14(9(8-22)17(26)23)15-10(20)4-2-5-11(15)21/h2,4-5,14H,3,6-7,23H2,1H3. The van der Waals surface area contributed by atoms with E-state index in [0.29, 0.717) is 35.7 Å². The maximum atomic E-state index is 14.8. The van der Waals surface area contributed by atoms with Crippen LogP contribution in [-0.2, 0) is 4.79 Å². The molecule has 29 heavy (non-hydrogen) atoms. The zero-order chi connectivity index (χ0) is 20.7. The van der Waals surface area contributed by atoms with Crippen molar-refractivity contribution in [3.8, 4) is 6.07 Å². The number of benzene rings is 1. The zero-order valence-electron chi connectivity index (χ0n) is 15.3. The number of allylic oxidation sites excluding steroid dienone is 3. The van der Waals surface area contributed by atoms with E-state index in [4.69, 9.17) is 17.3 Å². The van der Waals surface area contributed by atoms with Crippen LogP contribution in [0.15, 0.2) is 45.2 Å². The molecule has 0 radical (unpaired) electrons. The lowest BCUT2D eigenvalue weighted by Gasteiger charge is -2.38. The number of thioether (sulfide) groups is 1. The summed E-state index contributed by atoms with van der Waals surface area (Å²) in [5.41, 5.74) is 7.56. The van der Waals surface area contributed by atoms with E-state index in [1.165, 1.54) is 35.2 Å². The highest BCUT2D eigenvalue weighted by Crippen LogP contribution is 2.48. The van der Waals surface area contributed by atoms with Gasteiger partial charge in [-0.3, -0.25) is 9.69 Å². The van der Waals surface area contributed by atoms with Gasteiger partial charge in [0.05, 0.1) is 17.6 Å². The van der Waals surface area contributed by atoms with Crippen LogP contribution in [0.1, 0.15) is 30.7 Å². The van der Waals surface area contributed by atoms with Gasteiger partial charge in [-0.2, -0.15) is 5.26 Å². The van der Waals surface area contributed by atoms with E-state index < -0.39 is 11.7 Å². The first-order valence-electron chi connectivity index (χ1n) is 8.75. The lowest BCUT2D eigenvalue weighted by Crippen LogP contribution is -2.39. The minimum Gasteiger partial charge on any atom is -0.384 e. The molecule has 1 aromatic carbocycles. The number of aromatic nitrogens is 2. The molecular formula is C19H15ClFN5OS2. The molecular weight excluding hydrogens is 433 g/mol. The van der Waals surface area contributed by atoms with Crippen molar-refractivity contribution in [2.45, 2.75) is 29.5 Å². The van der Waals surface area contributed by atoms with Crippen LogP contribution >= 0.6 is 34.7 Å². The number of nitrogens with zero attached hydrogens (tertiary/aromatic N) is 4. The van der Waals surface area contributed by atoms with E-state index in [1.54, 1.807) is 11.0 Å². The highest BCUT2D eigenvalue weighted by atomic mass is 35.5. The number of rotatable bonds is 3. The maximum absolute atomic E-state index is 14.8. The summed E-state index contributed by atoms with van der Waals surface area (Å²) in [6, 6.07) is 6.38. The van der Waals surface area contributed by atoms with Gasteiger partial charge < -0.3 is 5.73 Å². The van der Waals surface area contributed by atoms with Gasteiger partial charge in [0.2, 0.25) is 5.13 Å². The molecule has 1 aliphatic carbocycles. The molecule has 0 spiro atoms. The molecule has 6 nitrogen and oxygen atoms in total. The van der Waals surface area contributed by atoms with Crippen LogP contribution in [-0.4, -0.2) is 22.2 Å². The van der Waals surface area contributed by atoms with E-state index in [0.717, 1.165) is 4.34 Å². The topological polar surface area (TPSA) is 95.9 Å². The minimum absolute atomic E-state index is 0.0758. The molecule has 0 saturated carbocycles. The average molecular weight is 448 g/mol. The molecule has 1 aromatic heterocycles. The molecule has 2 N–H and O–H groups in total. The van der Waals surface area contributed by atoms with Gasteiger partial charge in [-0.05, 0) is 31.2 Å². The fourth-order valence-corrected chi connectivity index (χ4v) is 5.33. The molecule has 1 aliphatic heterocycles. The second kappa shape index (κ2) is 7.78. The number of carbonyl (C=O) groups excluding carboxylic acids is 1. The lowest BCUT2D eigenvalue weighted by molar-refractivity contribution is -0.116. The molecule has 10 heteroatoms. The van der Waals surface area contributed by atoms with Crippen LogP contribution in [0.2, 0.25) is 5.02 Å². The second-order valence-electron chi connectivity index (χ2n) is 6.51. The van der Waals surface area contributed by atoms with Gasteiger partial charge in [-0.1, -0.05) is 40.8 Å². The Kier molecular flexibility index (Phi) is 5.34. The summed E-state index contributed by atoms with van der Waals surface area (Å²) < 4.78 is 15.5. The van der Waals surface area contributed by atoms with Gasteiger partial charge in [-0.15, -0.1) is 10.2 Å². The van der Waals surface area contributed by atoms with Crippen LogP contribution in [0.3, 0.4) is 0 Å². The van der Waals surface area contributed by atoms with Crippen LogP contribution in [0.5, 0.6) is 0 Å². The van der Waals surface area contributed by atoms with Gasteiger partial charge in [-0.25, -0.2) is 4.39 Å². The van der Waals surface area contributed by atoms with Crippen LogP contribution in [0, 0.1) is 17.1 Å². The monoisotopic (exact) mass is 447 g/mol. The van der Waals surface area contributed by atoms with Gasteiger partial charge in [0.15, 0.2) is 10.1 Å². The molecule has 148 valence electrons. The summed E-state index contributed by atoms with van der Waals surface area (Å²) in [6.07, 6.45) is 3.39. The first-order valence-corrected chi connectivity index (χ1v) is 11.2. The molecule has 1 unspecified atom stereocenters. The van der Waals surface area contributed by atoms with Crippen LogP contribution < -0.4 is 10.6 Å². The van der Waals surface area contributed by atoms with Gasteiger partial charge in [0, 0.05) is 28.3 Å². The third-order valence-corrected chi connectivity index (χ3v) is 7.18. The van der Waals surface area contributed by atoms with Gasteiger partial charge >= 0.3 is 0 Å². The molecule has 2 heterocycles. The first-order chi connectivity index (χ1) is 14.0. The fourth-order valence-electron chi connectivity index (χ4n) is 3.76. The number of nitriles is 1. The SMILES string of the molecule is CSc1nnc(N2C(N)=C(C#N)C(c3c(F)cccc3Cl)C3=C2CCCC3=O)s1. The molecule has 2 aliphatic rings. The van der Waals surface area contributed by atoms with E-state index in [-0.39, 0.29) is 27.8 Å². The Morgan fingerprint density at radius 1 is 1.41 bits per heavy atom. The third-order valence-electron chi connectivity index (χ3n) is 4.96. The van der Waals surface area contributed by atoms with Crippen molar-refractivity contribution in [3.05, 3.63) is 57.3 Å². The molecule has 0 fully saturated rings. The van der Waals surface area contributed by atoms with Crippen LogP contribution in [0.25, 0.3) is 0 Å². The number of hydrogen-bond donors (Lipinski definition) is 1. The van der Waals surface area contributed by atoms with Crippen LogP contribution in [0.4, 0.5) is 9.52 Å². The van der Waals surface area contributed by atoms with E-state index >= 15 is 0 Å². The van der Waals surface area contributed by atoms with Crippen molar-refractivity contribution < 1.29 is 9.18 Å². The summed E-state index contributed by atoms with van der Waals surface area (Å²) >= 11 is 9.06. The Balaban J connectivity index is 2.00. The zero-order valence-corrected chi connectivity index (χ0v) is 17.7. The van der Waals surface area contributed by atoms with E-state index in [9.17, 15) is 14.4 Å². The van der Waals surface area contributed by atoms with Gasteiger partial charge in [0.25, 0.3) is 0 Å². The summed E-state index contributed by atoms with van der Waals surface area (Å²) in [5.74, 6) is -1.55. The third kappa shape index (κ3) is 3.21. The molecule has 4 rings (SSSR count). The second-order valence-corrected chi connectivity index (χ2v) is 8.92. The predicted molar refractivity (Wildman–Crippen MR) is 111 cm³/mol. The minimum atomic E-state index is -0.944. The quantitative estimate of drug-likeness (QED) is 0.698. The Morgan fingerprint density at radius 2 is 2.21 bits per heavy atom. The summed E-state index contributed by atoms with van der Waals surface area (Å²) in [7, 11) is 0. The average Bonchev–Trinajstić information content (AvgIpc) is 3.16. The van der Waals surface area contributed by atoms with Crippen molar-refractivity contribution in [2.24, 2.45) is 5.73 Å². The fraction of sp³-hybridized carbons (Fsp3) is 0.263. The largest absolute Gasteiger partial charge is 0.384 e.